The highest BCUT2D eigenvalue weighted by Gasteiger charge is 2.32. The van der Waals surface area contributed by atoms with Crippen molar-refractivity contribution in [3.05, 3.63) is 34.3 Å². The van der Waals surface area contributed by atoms with Crippen LogP contribution >= 0.6 is 22.9 Å². The summed E-state index contributed by atoms with van der Waals surface area (Å²) in [5.41, 5.74) is 0. The molecule has 1 aromatic carbocycles. The minimum Gasteiger partial charge on any atom is -0.300 e. The Hall–Kier alpha value is -1.55. The summed E-state index contributed by atoms with van der Waals surface area (Å²) in [6.07, 6.45) is 5.19. The van der Waals surface area contributed by atoms with Crippen molar-refractivity contribution in [2.75, 3.05) is 18.4 Å². The molecule has 158 valence electrons. The molecular formula is C19H25ClN4O3S2. The van der Waals surface area contributed by atoms with E-state index >= 15 is 0 Å². The topological polar surface area (TPSA) is 92.3 Å². The highest BCUT2D eigenvalue weighted by molar-refractivity contribution is 7.89. The SMILES string of the molecule is CCCCCc1nnc(NC(=O)C2CCN(S(=O)(=O)c3ccc(Cl)cc3)CC2)s1. The Balaban J connectivity index is 1.52. The number of anilines is 1. The van der Waals surface area contributed by atoms with Crippen LogP contribution in [0.4, 0.5) is 5.13 Å². The number of halogens is 1. The third kappa shape index (κ3) is 5.75. The van der Waals surface area contributed by atoms with E-state index < -0.39 is 10.0 Å². The van der Waals surface area contributed by atoms with Crippen LogP contribution in [0.15, 0.2) is 29.2 Å². The molecule has 7 nitrogen and oxygen atoms in total. The van der Waals surface area contributed by atoms with Gasteiger partial charge in [-0.05, 0) is 43.5 Å². The van der Waals surface area contributed by atoms with Gasteiger partial charge in [0.1, 0.15) is 5.01 Å². The molecule has 0 bridgehead atoms. The molecule has 1 saturated heterocycles. The van der Waals surface area contributed by atoms with Gasteiger partial charge in [-0.2, -0.15) is 4.31 Å². The van der Waals surface area contributed by atoms with E-state index in [0.29, 0.717) is 36.1 Å². The van der Waals surface area contributed by atoms with Gasteiger partial charge in [0.25, 0.3) is 0 Å². The Morgan fingerprint density at radius 2 is 1.90 bits per heavy atom. The number of nitrogens with one attached hydrogen (secondary N) is 1. The number of sulfonamides is 1. The van der Waals surface area contributed by atoms with Crippen molar-refractivity contribution >= 4 is 44.0 Å². The molecule has 1 fully saturated rings. The molecule has 10 heteroatoms. The van der Waals surface area contributed by atoms with Gasteiger partial charge in [-0.25, -0.2) is 8.42 Å². The number of rotatable bonds is 8. The summed E-state index contributed by atoms with van der Waals surface area (Å²) in [4.78, 5) is 12.8. The predicted molar refractivity (Wildman–Crippen MR) is 115 cm³/mol. The van der Waals surface area contributed by atoms with Crippen molar-refractivity contribution in [3.8, 4) is 0 Å². The van der Waals surface area contributed by atoms with E-state index in [1.165, 1.54) is 27.8 Å². The number of aromatic nitrogens is 2. The van der Waals surface area contributed by atoms with E-state index in [1.54, 1.807) is 12.1 Å². The molecule has 1 N–H and O–H groups in total. The molecule has 2 aromatic rings. The van der Waals surface area contributed by atoms with E-state index in [-0.39, 0.29) is 16.7 Å². The lowest BCUT2D eigenvalue weighted by Crippen LogP contribution is -2.41. The maximum Gasteiger partial charge on any atom is 0.243 e. The predicted octanol–water partition coefficient (Wildman–Crippen LogP) is 3.96. The molecular weight excluding hydrogens is 432 g/mol. The molecule has 0 aliphatic carbocycles. The quantitative estimate of drug-likeness (QED) is 0.607. The number of hydrogen-bond acceptors (Lipinski definition) is 6. The summed E-state index contributed by atoms with van der Waals surface area (Å²) in [5, 5.41) is 12.9. The Kier molecular flexibility index (Phi) is 7.61. The van der Waals surface area contributed by atoms with Crippen molar-refractivity contribution in [2.45, 2.75) is 50.3 Å². The van der Waals surface area contributed by atoms with Gasteiger partial charge in [-0.3, -0.25) is 4.79 Å². The van der Waals surface area contributed by atoms with E-state index in [2.05, 4.69) is 22.4 Å². The monoisotopic (exact) mass is 456 g/mol. The maximum atomic E-state index is 12.7. The normalized spacial score (nSPS) is 16.1. The molecule has 1 aromatic heterocycles. The zero-order valence-corrected chi connectivity index (χ0v) is 18.7. The van der Waals surface area contributed by atoms with Crippen LogP contribution in [-0.2, 0) is 21.2 Å². The molecule has 29 heavy (non-hydrogen) atoms. The van der Waals surface area contributed by atoms with Gasteiger partial charge in [-0.1, -0.05) is 42.7 Å². The van der Waals surface area contributed by atoms with Crippen molar-refractivity contribution in [3.63, 3.8) is 0 Å². The fourth-order valence-electron chi connectivity index (χ4n) is 3.25. The standard InChI is InChI=1S/C19H25ClN4O3S2/c1-2-3-4-5-17-22-23-19(28-17)21-18(25)14-10-12-24(13-11-14)29(26,27)16-8-6-15(20)7-9-16/h6-9,14H,2-5,10-13H2,1H3,(H,21,23,25). The van der Waals surface area contributed by atoms with Gasteiger partial charge in [0.2, 0.25) is 21.1 Å². The third-order valence-corrected chi connectivity index (χ3v) is 8.03. The second kappa shape index (κ2) is 9.97. The first-order chi connectivity index (χ1) is 13.9. The summed E-state index contributed by atoms with van der Waals surface area (Å²) in [7, 11) is -3.57. The average molecular weight is 457 g/mol. The van der Waals surface area contributed by atoms with Crippen LogP contribution in [0.2, 0.25) is 5.02 Å². The smallest absolute Gasteiger partial charge is 0.243 e. The lowest BCUT2D eigenvalue weighted by atomic mass is 9.97. The first kappa shape index (κ1) is 22.1. The molecule has 1 aliphatic rings. The van der Waals surface area contributed by atoms with Crippen LogP contribution in [-0.4, -0.2) is 41.9 Å². The molecule has 1 aliphatic heterocycles. The van der Waals surface area contributed by atoms with Crippen molar-refractivity contribution < 1.29 is 13.2 Å². The van der Waals surface area contributed by atoms with Crippen molar-refractivity contribution in [1.82, 2.24) is 14.5 Å². The average Bonchev–Trinajstić information content (AvgIpc) is 3.16. The molecule has 3 rings (SSSR count). The number of nitrogens with zero attached hydrogens (tertiary/aromatic N) is 3. The molecule has 0 atom stereocenters. The molecule has 0 saturated carbocycles. The zero-order valence-electron chi connectivity index (χ0n) is 16.3. The van der Waals surface area contributed by atoms with Gasteiger partial charge < -0.3 is 5.32 Å². The highest BCUT2D eigenvalue weighted by atomic mass is 35.5. The molecule has 0 radical (unpaired) electrons. The van der Waals surface area contributed by atoms with E-state index in [9.17, 15) is 13.2 Å². The number of carbonyl (C=O) groups excluding carboxylic acids is 1. The second-order valence-corrected chi connectivity index (χ2v) is 10.5. The molecule has 2 heterocycles. The summed E-state index contributed by atoms with van der Waals surface area (Å²) < 4.78 is 26.9. The van der Waals surface area contributed by atoms with E-state index in [4.69, 9.17) is 11.6 Å². The lowest BCUT2D eigenvalue weighted by Gasteiger charge is -2.30. The van der Waals surface area contributed by atoms with Crippen LogP contribution in [0.1, 0.15) is 44.0 Å². The number of unbranched alkanes of at least 4 members (excludes halogenated alkanes) is 2. The maximum absolute atomic E-state index is 12.7. The van der Waals surface area contributed by atoms with Crippen LogP contribution < -0.4 is 5.32 Å². The zero-order chi connectivity index (χ0) is 20.9. The molecule has 1 amide bonds. The highest BCUT2D eigenvalue weighted by Crippen LogP contribution is 2.26. The number of carbonyl (C=O) groups is 1. The largest absolute Gasteiger partial charge is 0.300 e. The number of hydrogen-bond donors (Lipinski definition) is 1. The summed E-state index contributed by atoms with van der Waals surface area (Å²) in [5.74, 6) is -0.357. The fraction of sp³-hybridized carbons (Fsp3) is 0.526. The third-order valence-electron chi connectivity index (χ3n) is 4.97. The van der Waals surface area contributed by atoms with Gasteiger partial charge in [0.05, 0.1) is 4.90 Å². The van der Waals surface area contributed by atoms with Crippen LogP contribution in [0.3, 0.4) is 0 Å². The van der Waals surface area contributed by atoms with Crippen LogP contribution in [0.5, 0.6) is 0 Å². The Morgan fingerprint density at radius 1 is 1.21 bits per heavy atom. The minimum absolute atomic E-state index is 0.121. The first-order valence-electron chi connectivity index (χ1n) is 9.79. The lowest BCUT2D eigenvalue weighted by molar-refractivity contribution is -0.120. The Labute approximate surface area is 180 Å². The number of benzene rings is 1. The van der Waals surface area contributed by atoms with Crippen LogP contribution in [0.25, 0.3) is 0 Å². The number of piperidine rings is 1. The summed E-state index contributed by atoms with van der Waals surface area (Å²) in [6.45, 7) is 2.76. The molecule has 0 unspecified atom stereocenters. The van der Waals surface area contributed by atoms with Crippen molar-refractivity contribution in [1.29, 1.82) is 0 Å². The minimum atomic E-state index is -3.57. The summed E-state index contributed by atoms with van der Waals surface area (Å²) >= 11 is 7.25. The van der Waals surface area contributed by atoms with E-state index in [0.717, 1.165) is 30.7 Å². The second-order valence-electron chi connectivity index (χ2n) is 7.08. The van der Waals surface area contributed by atoms with E-state index in [1.807, 2.05) is 0 Å². The summed E-state index contributed by atoms with van der Waals surface area (Å²) in [6, 6.07) is 6.13. The number of aryl methyl sites for hydroxylation is 1. The number of amides is 1. The Bertz CT molecular complexity index is 923. The van der Waals surface area contributed by atoms with Gasteiger partial charge in [0.15, 0.2) is 0 Å². The molecule has 0 spiro atoms. The van der Waals surface area contributed by atoms with Gasteiger partial charge in [0, 0.05) is 30.5 Å². The van der Waals surface area contributed by atoms with Gasteiger partial charge >= 0.3 is 0 Å². The fourth-order valence-corrected chi connectivity index (χ4v) is 5.63. The Morgan fingerprint density at radius 3 is 2.55 bits per heavy atom. The first-order valence-corrected chi connectivity index (χ1v) is 12.4. The van der Waals surface area contributed by atoms with Crippen molar-refractivity contribution in [2.24, 2.45) is 5.92 Å². The van der Waals surface area contributed by atoms with Crippen LogP contribution in [0, 0.1) is 5.92 Å². The van der Waals surface area contributed by atoms with Gasteiger partial charge in [-0.15, -0.1) is 10.2 Å².